The van der Waals surface area contributed by atoms with Crippen molar-refractivity contribution in [3.05, 3.63) is 57.8 Å². The fourth-order valence-corrected chi connectivity index (χ4v) is 7.06. The Balaban J connectivity index is 1.50. The SMILES string of the molecule is CN(C)CCCCC(C(=O)N1CC[C@@H](NC(=O)c2ccc(F)c(F)c2)[C@@H](C(=O)NCc2cccs2)C1)N(C)C1CCCCC1. The molecule has 2 heterocycles. The van der Waals surface area contributed by atoms with Gasteiger partial charge in [0.05, 0.1) is 18.5 Å². The van der Waals surface area contributed by atoms with Crippen LogP contribution in [0.25, 0.3) is 0 Å². The van der Waals surface area contributed by atoms with Gasteiger partial charge in [0.1, 0.15) is 0 Å². The number of amides is 3. The Morgan fingerprint density at radius 2 is 1.80 bits per heavy atom. The minimum Gasteiger partial charge on any atom is -0.351 e. The van der Waals surface area contributed by atoms with Gasteiger partial charge >= 0.3 is 0 Å². The van der Waals surface area contributed by atoms with Crippen molar-refractivity contribution in [1.82, 2.24) is 25.3 Å². The van der Waals surface area contributed by atoms with E-state index in [0.29, 0.717) is 25.6 Å². The predicted molar refractivity (Wildman–Crippen MR) is 169 cm³/mol. The maximum absolute atomic E-state index is 14.2. The molecular weight excluding hydrogens is 584 g/mol. The Labute approximate surface area is 264 Å². The predicted octanol–water partition coefficient (Wildman–Crippen LogP) is 4.65. The van der Waals surface area contributed by atoms with Crippen LogP contribution in [0.5, 0.6) is 0 Å². The smallest absolute Gasteiger partial charge is 0.251 e. The highest BCUT2D eigenvalue weighted by molar-refractivity contribution is 7.09. The van der Waals surface area contributed by atoms with Crippen molar-refractivity contribution in [1.29, 1.82) is 0 Å². The van der Waals surface area contributed by atoms with Crippen molar-refractivity contribution in [3.63, 3.8) is 0 Å². The van der Waals surface area contributed by atoms with Gasteiger partial charge in [-0.25, -0.2) is 8.78 Å². The first-order chi connectivity index (χ1) is 21.1. The molecule has 0 radical (unpaired) electrons. The Kier molecular flexibility index (Phi) is 12.7. The third-order valence-electron chi connectivity index (χ3n) is 9.04. The molecule has 1 aliphatic heterocycles. The van der Waals surface area contributed by atoms with Crippen LogP contribution in [-0.4, -0.2) is 91.3 Å². The van der Waals surface area contributed by atoms with E-state index in [4.69, 9.17) is 0 Å². The van der Waals surface area contributed by atoms with E-state index >= 15 is 0 Å². The van der Waals surface area contributed by atoms with E-state index in [1.165, 1.54) is 36.7 Å². The number of thiophene rings is 1. The van der Waals surface area contributed by atoms with Crippen molar-refractivity contribution in [2.75, 3.05) is 40.8 Å². The summed E-state index contributed by atoms with van der Waals surface area (Å²) in [6.45, 7) is 1.88. The second-order valence-corrected chi connectivity index (χ2v) is 13.5. The first-order valence-corrected chi connectivity index (χ1v) is 16.7. The van der Waals surface area contributed by atoms with E-state index in [2.05, 4.69) is 41.6 Å². The zero-order valence-corrected chi connectivity index (χ0v) is 27.0. The lowest BCUT2D eigenvalue weighted by Crippen LogP contribution is -2.60. The Bertz CT molecular complexity index is 1240. The molecule has 1 aliphatic carbocycles. The third-order valence-corrected chi connectivity index (χ3v) is 9.91. The number of nitrogens with one attached hydrogen (secondary N) is 2. The molecule has 1 aromatic heterocycles. The minimum absolute atomic E-state index is 0.0213. The average molecular weight is 632 g/mol. The molecule has 1 saturated heterocycles. The number of likely N-dealkylation sites (tertiary alicyclic amines) is 1. The molecular formula is C33H47F2N5O3S. The molecule has 2 fully saturated rings. The second kappa shape index (κ2) is 16.4. The van der Waals surface area contributed by atoms with Gasteiger partial charge < -0.3 is 20.4 Å². The topological polar surface area (TPSA) is 85.0 Å². The molecule has 3 amide bonds. The molecule has 0 bridgehead atoms. The monoisotopic (exact) mass is 631 g/mol. The molecule has 0 spiro atoms. The summed E-state index contributed by atoms with van der Waals surface area (Å²) in [6.07, 6.45) is 8.81. The summed E-state index contributed by atoms with van der Waals surface area (Å²) in [5, 5.41) is 7.81. The summed E-state index contributed by atoms with van der Waals surface area (Å²) in [6, 6.07) is 6.37. The lowest BCUT2D eigenvalue weighted by Gasteiger charge is -2.42. The summed E-state index contributed by atoms with van der Waals surface area (Å²) in [5.74, 6) is -3.65. The highest BCUT2D eigenvalue weighted by Crippen LogP contribution is 2.27. The number of carbonyl (C=O) groups excluding carboxylic acids is 3. The standard InChI is InChI=1S/C33H47F2N5O3S/c1-38(2)17-8-7-13-30(39(3)24-10-5-4-6-11-24)33(43)40-18-16-29(37-31(41)23-14-15-27(34)28(35)20-23)26(22-40)32(42)36-21-25-12-9-19-44-25/h9,12,14-15,19-20,24,26,29-30H,4-8,10-11,13,16-18,21-22H2,1-3H3,(H,36,42)(H,37,41)/t26-,29+,30?/m0/s1. The molecule has 4 rings (SSSR count). The summed E-state index contributed by atoms with van der Waals surface area (Å²) < 4.78 is 27.3. The van der Waals surface area contributed by atoms with Crippen LogP contribution in [-0.2, 0) is 16.1 Å². The van der Waals surface area contributed by atoms with Crippen molar-refractivity contribution in [2.45, 2.75) is 82.5 Å². The minimum atomic E-state index is -1.11. The van der Waals surface area contributed by atoms with Gasteiger partial charge in [-0.1, -0.05) is 31.7 Å². The van der Waals surface area contributed by atoms with Crippen molar-refractivity contribution < 1.29 is 23.2 Å². The van der Waals surface area contributed by atoms with Gasteiger partial charge in [-0.3, -0.25) is 19.3 Å². The number of carbonyl (C=O) groups is 3. The quantitative estimate of drug-likeness (QED) is 0.315. The summed E-state index contributed by atoms with van der Waals surface area (Å²) in [7, 11) is 6.18. The van der Waals surface area contributed by atoms with Gasteiger partial charge in [0.2, 0.25) is 11.8 Å². The number of benzene rings is 1. The van der Waals surface area contributed by atoms with E-state index in [1.807, 2.05) is 17.5 Å². The lowest BCUT2D eigenvalue weighted by atomic mass is 9.89. The molecule has 2 aliphatic rings. The van der Waals surface area contributed by atoms with Gasteiger partial charge in [0.15, 0.2) is 11.6 Å². The highest BCUT2D eigenvalue weighted by Gasteiger charge is 2.40. The molecule has 8 nitrogen and oxygen atoms in total. The maximum atomic E-state index is 14.2. The van der Waals surface area contributed by atoms with Crippen LogP contribution >= 0.6 is 11.3 Å². The first-order valence-electron chi connectivity index (χ1n) is 15.9. The average Bonchev–Trinajstić information content (AvgIpc) is 3.55. The molecule has 11 heteroatoms. The van der Waals surface area contributed by atoms with E-state index in [0.717, 1.165) is 55.7 Å². The summed E-state index contributed by atoms with van der Waals surface area (Å²) in [4.78, 5) is 48.1. The molecule has 1 saturated carbocycles. The highest BCUT2D eigenvalue weighted by atomic mass is 32.1. The van der Waals surface area contributed by atoms with E-state index in [9.17, 15) is 23.2 Å². The summed E-state index contributed by atoms with van der Waals surface area (Å²) >= 11 is 1.54. The van der Waals surface area contributed by atoms with Crippen LogP contribution in [0.2, 0.25) is 0 Å². The zero-order valence-electron chi connectivity index (χ0n) is 26.2. The molecule has 1 aromatic carbocycles. The van der Waals surface area contributed by atoms with Gasteiger partial charge in [-0.05, 0) is 89.4 Å². The first kappa shape index (κ1) is 34.0. The number of piperidine rings is 1. The Hall–Kier alpha value is -2.89. The van der Waals surface area contributed by atoms with Crippen LogP contribution in [0.15, 0.2) is 35.7 Å². The van der Waals surface area contributed by atoms with Gasteiger partial charge in [-0.2, -0.15) is 0 Å². The summed E-state index contributed by atoms with van der Waals surface area (Å²) in [5.41, 5.74) is -0.0213. The normalized spacial score (nSPS) is 20.1. The maximum Gasteiger partial charge on any atom is 0.251 e. The number of nitrogens with zero attached hydrogens (tertiary/aromatic N) is 3. The van der Waals surface area contributed by atoms with Crippen LogP contribution in [0, 0.1) is 17.6 Å². The number of likely N-dealkylation sites (N-methyl/N-ethyl adjacent to an activating group) is 1. The van der Waals surface area contributed by atoms with Crippen LogP contribution in [0.3, 0.4) is 0 Å². The number of halogens is 2. The lowest BCUT2D eigenvalue weighted by molar-refractivity contribution is -0.142. The van der Waals surface area contributed by atoms with E-state index < -0.39 is 29.5 Å². The Morgan fingerprint density at radius 1 is 1.02 bits per heavy atom. The van der Waals surface area contributed by atoms with Gasteiger partial charge in [0.25, 0.3) is 5.91 Å². The fraction of sp³-hybridized carbons (Fsp3) is 0.606. The zero-order chi connectivity index (χ0) is 31.6. The van der Waals surface area contributed by atoms with Crippen LogP contribution in [0.4, 0.5) is 8.78 Å². The van der Waals surface area contributed by atoms with Crippen LogP contribution < -0.4 is 10.6 Å². The van der Waals surface area contributed by atoms with E-state index in [1.54, 1.807) is 4.90 Å². The van der Waals surface area contributed by atoms with Gasteiger partial charge in [0, 0.05) is 35.6 Å². The third kappa shape index (κ3) is 9.31. The van der Waals surface area contributed by atoms with Crippen molar-refractivity contribution >= 4 is 29.1 Å². The Morgan fingerprint density at radius 3 is 2.48 bits per heavy atom. The number of hydrogen-bond donors (Lipinski definition) is 2. The molecule has 242 valence electrons. The molecule has 1 unspecified atom stereocenters. The van der Waals surface area contributed by atoms with Crippen molar-refractivity contribution in [3.8, 4) is 0 Å². The number of hydrogen-bond acceptors (Lipinski definition) is 6. The molecule has 2 aromatic rings. The van der Waals surface area contributed by atoms with Crippen LogP contribution in [0.1, 0.15) is 73.0 Å². The second-order valence-electron chi connectivity index (χ2n) is 12.5. The molecule has 2 N–H and O–H groups in total. The fourth-order valence-electron chi connectivity index (χ4n) is 6.42. The number of rotatable bonds is 13. The molecule has 44 heavy (non-hydrogen) atoms. The number of unbranched alkanes of at least 4 members (excludes halogenated alkanes) is 1. The van der Waals surface area contributed by atoms with Gasteiger partial charge in [-0.15, -0.1) is 11.3 Å². The largest absolute Gasteiger partial charge is 0.351 e. The van der Waals surface area contributed by atoms with Crippen molar-refractivity contribution in [2.24, 2.45) is 5.92 Å². The molecule has 3 atom stereocenters. The van der Waals surface area contributed by atoms with E-state index in [-0.39, 0.29) is 30.0 Å².